The Hall–Kier alpha value is -2.05. The molecular formula is C20H23NO4S. The Morgan fingerprint density at radius 3 is 2.42 bits per heavy atom. The van der Waals surface area contributed by atoms with Crippen LogP contribution in [0.25, 0.3) is 0 Å². The molecule has 0 aromatic heterocycles. The first-order chi connectivity index (χ1) is 12.6. The van der Waals surface area contributed by atoms with Gasteiger partial charge < -0.3 is 9.47 Å². The van der Waals surface area contributed by atoms with E-state index in [-0.39, 0.29) is 10.9 Å². The zero-order chi connectivity index (χ0) is 18.1. The van der Waals surface area contributed by atoms with Gasteiger partial charge in [0.2, 0.25) is 10.0 Å². The number of ether oxygens (including phenoxy) is 2. The SMILES string of the molecule is C[C@@H](C1CC1)N(Cc1ccccc1)S(=O)(=O)c1ccc2c(c1)OCCO2. The molecule has 1 saturated carbocycles. The molecule has 26 heavy (non-hydrogen) atoms. The van der Waals surface area contributed by atoms with Crippen molar-refractivity contribution in [3.05, 3.63) is 54.1 Å². The van der Waals surface area contributed by atoms with Gasteiger partial charge in [0.25, 0.3) is 0 Å². The van der Waals surface area contributed by atoms with Gasteiger partial charge in [-0.3, -0.25) is 0 Å². The molecule has 0 N–H and O–H groups in total. The van der Waals surface area contributed by atoms with Crippen molar-refractivity contribution in [1.29, 1.82) is 0 Å². The third-order valence-electron chi connectivity index (χ3n) is 5.06. The number of hydrogen-bond acceptors (Lipinski definition) is 4. The minimum atomic E-state index is -3.64. The van der Waals surface area contributed by atoms with Crippen molar-refractivity contribution in [2.45, 2.75) is 37.2 Å². The van der Waals surface area contributed by atoms with Crippen LogP contribution in [0.5, 0.6) is 11.5 Å². The van der Waals surface area contributed by atoms with E-state index in [0.717, 1.165) is 18.4 Å². The summed E-state index contributed by atoms with van der Waals surface area (Å²) in [5.41, 5.74) is 0.987. The van der Waals surface area contributed by atoms with Crippen molar-refractivity contribution >= 4 is 10.0 Å². The average molecular weight is 373 g/mol. The molecule has 4 rings (SSSR count). The molecular weight excluding hydrogens is 350 g/mol. The predicted molar refractivity (Wildman–Crippen MR) is 98.8 cm³/mol. The summed E-state index contributed by atoms with van der Waals surface area (Å²) in [4.78, 5) is 0.255. The van der Waals surface area contributed by atoms with E-state index in [4.69, 9.17) is 9.47 Å². The largest absolute Gasteiger partial charge is 0.486 e. The molecule has 1 aliphatic carbocycles. The number of rotatable bonds is 6. The van der Waals surface area contributed by atoms with Crippen LogP contribution in [-0.2, 0) is 16.6 Å². The lowest BCUT2D eigenvalue weighted by Gasteiger charge is -2.29. The summed E-state index contributed by atoms with van der Waals surface area (Å²) in [6.45, 7) is 3.30. The Balaban J connectivity index is 1.69. The van der Waals surface area contributed by atoms with Crippen LogP contribution in [0.3, 0.4) is 0 Å². The molecule has 1 atom stereocenters. The number of fused-ring (bicyclic) bond motifs is 1. The molecule has 1 heterocycles. The maximum atomic E-state index is 13.4. The summed E-state index contributed by atoms with van der Waals surface area (Å²) in [6.07, 6.45) is 2.17. The molecule has 2 aromatic rings. The van der Waals surface area contributed by atoms with Gasteiger partial charge in [-0.1, -0.05) is 30.3 Å². The second kappa shape index (κ2) is 6.93. The maximum absolute atomic E-state index is 13.4. The summed E-state index contributed by atoms with van der Waals surface area (Å²) in [6, 6.07) is 14.6. The first-order valence-electron chi connectivity index (χ1n) is 9.01. The lowest BCUT2D eigenvalue weighted by molar-refractivity contribution is 0.171. The van der Waals surface area contributed by atoms with E-state index in [1.165, 1.54) is 0 Å². The first-order valence-corrected chi connectivity index (χ1v) is 10.4. The molecule has 0 radical (unpaired) electrons. The Kier molecular flexibility index (Phi) is 4.63. The van der Waals surface area contributed by atoms with Crippen LogP contribution < -0.4 is 9.47 Å². The number of hydrogen-bond donors (Lipinski definition) is 0. The lowest BCUT2D eigenvalue weighted by atomic mass is 10.2. The fourth-order valence-electron chi connectivity index (χ4n) is 3.34. The van der Waals surface area contributed by atoms with Crippen molar-refractivity contribution in [3.8, 4) is 11.5 Å². The van der Waals surface area contributed by atoms with Crippen molar-refractivity contribution in [2.24, 2.45) is 5.92 Å². The Morgan fingerprint density at radius 2 is 1.73 bits per heavy atom. The van der Waals surface area contributed by atoms with Crippen LogP contribution in [-0.4, -0.2) is 32.0 Å². The monoisotopic (exact) mass is 373 g/mol. The quantitative estimate of drug-likeness (QED) is 0.778. The summed E-state index contributed by atoms with van der Waals surface area (Å²) in [5.74, 6) is 1.53. The van der Waals surface area contributed by atoms with Crippen molar-refractivity contribution in [1.82, 2.24) is 4.31 Å². The van der Waals surface area contributed by atoms with E-state index in [9.17, 15) is 8.42 Å². The summed E-state index contributed by atoms with van der Waals surface area (Å²) in [5, 5.41) is 0. The maximum Gasteiger partial charge on any atom is 0.243 e. The van der Waals surface area contributed by atoms with E-state index in [1.54, 1.807) is 22.5 Å². The Bertz CT molecular complexity index is 878. The third kappa shape index (κ3) is 3.44. The number of benzene rings is 2. The van der Waals surface area contributed by atoms with Gasteiger partial charge >= 0.3 is 0 Å². The molecule has 138 valence electrons. The van der Waals surface area contributed by atoms with Crippen LogP contribution in [0.2, 0.25) is 0 Å². The molecule has 6 heteroatoms. The second-order valence-corrected chi connectivity index (χ2v) is 8.81. The highest BCUT2D eigenvalue weighted by atomic mass is 32.2. The van der Waals surface area contributed by atoms with Crippen LogP contribution in [0, 0.1) is 5.92 Å². The van der Waals surface area contributed by atoms with Gasteiger partial charge in [-0.2, -0.15) is 4.31 Å². The minimum absolute atomic E-state index is 0.0339. The van der Waals surface area contributed by atoms with E-state index in [2.05, 4.69) is 0 Å². The van der Waals surface area contributed by atoms with Gasteiger partial charge in [-0.25, -0.2) is 8.42 Å². The van der Waals surface area contributed by atoms with Crippen LogP contribution in [0.1, 0.15) is 25.3 Å². The fraction of sp³-hybridized carbons (Fsp3) is 0.400. The molecule has 2 aliphatic rings. The smallest absolute Gasteiger partial charge is 0.243 e. The van der Waals surface area contributed by atoms with Gasteiger partial charge in [0.1, 0.15) is 13.2 Å². The van der Waals surface area contributed by atoms with Crippen molar-refractivity contribution in [3.63, 3.8) is 0 Å². The standard InChI is InChI=1S/C20H23NO4S/c1-15(17-7-8-17)21(14-16-5-3-2-4-6-16)26(22,23)18-9-10-19-20(13-18)25-12-11-24-19/h2-6,9-10,13,15,17H,7-8,11-12,14H2,1H3/t15-/m0/s1. The first kappa shape index (κ1) is 17.4. The van der Waals surface area contributed by atoms with Crippen LogP contribution >= 0.6 is 0 Å². The molecule has 0 spiro atoms. The van der Waals surface area contributed by atoms with Gasteiger partial charge in [0.05, 0.1) is 4.90 Å². The zero-order valence-electron chi connectivity index (χ0n) is 14.8. The zero-order valence-corrected chi connectivity index (χ0v) is 15.6. The molecule has 0 bridgehead atoms. The van der Waals surface area contributed by atoms with Gasteiger partial charge in [-0.05, 0) is 43.4 Å². The molecule has 1 aliphatic heterocycles. The predicted octanol–water partition coefficient (Wildman–Crippen LogP) is 3.45. The van der Waals surface area contributed by atoms with E-state index < -0.39 is 10.0 Å². The molecule has 0 amide bonds. The van der Waals surface area contributed by atoms with E-state index in [1.807, 2.05) is 37.3 Å². The van der Waals surface area contributed by atoms with Gasteiger partial charge in [0.15, 0.2) is 11.5 Å². The highest BCUT2D eigenvalue weighted by Gasteiger charge is 2.38. The number of nitrogens with zero attached hydrogens (tertiary/aromatic N) is 1. The van der Waals surface area contributed by atoms with Gasteiger partial charge in [0, 0.05) is 18.7 Å². The lowest BCUT2D eigenvalue weighted by Crippen LogP contribution is -2.39. The average Bonchev–Trinajstić information content (AvgIpc) is 3.51. The van der Waals surface area contributed by atoms with E-state index >= 15 is 0 Å². The third-order valence-corrected chi connectivity index (χ3v) is 6.99. The Morgan fingerprint density at radius 1 is 1.04 bits per heavy atom. The summed E-state index contributed by atoms with van der Waals surface area (Å²) in [7, 11) is -3.64. The normalized spacial score (nSPS) is 17.9. The van der Waals surface area contributed by atoms with Gasteiger partial charge in [-0.15, -0.1) is 0 Å². The molecule has 5 nitrogen and oxygen atoms in total. The summed E-state index contributed by atoms with van der Waals surface area (Å²) >= 11 is 0. The highest BCUT2D eigenvalue weighted by molar-refractivity contribution is 7.89. The Labute approximate surface area is 154 Å². The minimum Gasteiger partial charge on any atom is -0.486 e. The molecule has 2 aromatic carbocycles. The van der Waals surface area contributed by atoms with Crippen LogP contribution in [0.4, 0.5) is 0 Å². The summed E-state index contributed by atoms with van der Waals surface area (Å²) < 4.78 is 39.6. The second-order valence-electron chi connectivity index (χ2n) is 6.92. The van der Waals surface area contributed by atoms with Crippen molar-refractivity contribution in [2.75, 3.05) is 13.2 Å². The molecule has 0 unspecified atom stereocenters. The number of sulfonamides is 1. The van der Waals surface area contributed by atoms with Crippen LogP contribution in [0.15, 0.2) is 53.4 Å². The molecule has 1 fully saturated rings. The molecule has 0 saturated heterocycles. The topological polar surface area (TPSA) is 55.8 Å². The fourth-order valence-corrected chi connectivity index (χ4v) is 5.04. The highest BCUT2D eigenvalue weighted by Crippen LogP contribution is 2.39. The van der Waals surface area contributed by atoms with E-state index in [0.29, 0.717) is 37.2 Å². The van der Waals surface area contributed by atoms with Crippen molar-refractivity contribution < 1.29 is 17.9 Å².